The van der Waals surface area contributed by atoms with Gasteiger partial charge in [-0.3, -0.25) is 0 Å². The Labute approximate surface area is 79.3 Å². The standard InChI is InChI=1S/C11H18F2/c1-4-10(2)8-6-5-7-9-11(3,12)13/h4-6H,7-9H2,1-3H3/b6-5?,10-4-. The van der Waals surface area contributed by atoms with Crippen LogP contribution in [0.15, 0.2) is 23.8 Å². The molecule has 2 heteroatoms. The Kier molecular flexibility index (Phi) is 5.60. The Hall–Kier alpha value is -0.660. The Balaban J connectivity index is 3.54. The van der Waals surface area contributed by atoms with Crippen molar-refractivity contribution < 1.29 is 8.78 Å². The van der Waals surface area contributed by atoms with Crippen LogP contribution < -0.4 is 0 Å². The Bertz CT molecular complexity index is 185. The number of rotatable bonds is 5. The van der Waals surface area contributed by atoms with Crippen LogP contribution in [0.25, 0.3) is 0 Å². The van der Waals surface area contributed by atoms with E-state index in [1.54, 1.807) is 0 Å². The molecule has 76 valence electrons. The molecule has 0 heterocycles. The molecule has 0 atom stereocenters. The van der Waals surface area contributed by atoms with Gasteiger partial charge in [-0.25, -0.2) is 8.78 Å². The monoisotopic (exact) mass is 188 g/mol. The third kappa shape index (κ3) is 9.25. The fourth-order valence-electron chi connectivity index (χ4n) is 0.842. The van der Waals surface area contributed by atoms with E-state index in [4.69, 9.17) is 0 Å². The van der Waals surface area contributed by atoms with Gasteiger partial charge in [0.15, 0.2) is 0 Å². The van der Waals surface area contributed by atoms with E-state index < -0.39 is 5.92 Å². The van der Waals surface area contributed by atoms with Gasteiger partial charge in [0.2, 0.25) is 5.92 Å². The molecule has 0 N–H and O–H groups in total. The largest absolute Gasteiger partial charge is 0.245 e. The second-order valence-corrected chi connectivity index (χ2v) is 3.42. The summed E-state index contributed by atoms with van der Waals surface area (Å²) in [5.74, 6) is -2.53. The number of hydrogen-bond acceptors (Lipinski definition) is 0. The first-order chi connectivity index (χ1) is 5.95. The smallest absolute Gasteiger partial charge is 0.207 e. The molecule has 0 saturated carbocycles. The summed E-state index contributed by atoms with van der Waals surface area (Å²) < 4.78 is 24.7. The lowest BCUT2D eigenvalue weighted by Gasteiger charge is -2.06. The molecule has 0 aromatic rings. The lowest BCUT2D eigenvalue weighted by atomic mass is 10.1. The highest BCUT2D eigenvalue weighted by Gasteiger charge is 2.18. The Morgan fingerprint density at radius 3 is 2.38 bits per heavy atom. The second kappa shape index (κ2) is 5.90. The molecule has 13 heavy (non-hydrogen) atoms. The van der Waals surface area contributed by atoms with Crippen LogP contribution >= 0.6 is 0 Å². The quantitative estimate of drug-likeness (QED) is 0.563. The van der Waals surface area contributed by atoms with Gasteiger partial charge in [0.05, 0.1) is 0 Å². The fourth-order valence-corrected chi connectivity index (χ4v) is 0.842. The maximum absolute atomic E-state index is 12.3. The van der Waals surface area contributed by atoms with E-state index in [0.717, 1.165) is 13.3 Å². The first-order valence-electron chi connectivity index (χ1n) is 4.60. The highest BCUT2D eigenvalue weighted by molar-refractivity contribution is 5.02. The van der Waals surface area contributed by atoms with Crippen LogP contribution in [-0.2, 0) is 0 Å². The summed E-state index contributed by atoms with van der Waals surface area (Å²) in [4.78, 5) is 0. The number of hydrogen-bond donors (Lipinski definition) is 0. The van der Waals surface area contributed by atoms with Crippen molar-refractivity contribution in [2.45, 2.75) is 46.0 Å². The zero-order valence-electron chi connectivity index (χ0n) is 8.61. The second-order valence-electron chi connectivity index (χ2n) is 3.42. The normalized spacial score (nSPS) is 14.1. The van der Waals surface area contributed by atoms with Crippen molar-refractivity contribution in [1.29, 1.82) is 0 Å². The number of allylic oxidation sites excluding steroid dienone is 4. The van der Waals surface area contributed by atoms with Crippen molar-refractivity contribution in [3.63, 3.8) is 0 Å². The van der Waals surface area contributed by atoms with Gasteiger partial charge < -0.3 is 0 Å². The Morgan fingerprint density at radius 1 is 1.31 bits per heavy atom. The molecule has 0 aliphatic carbocycles. The SMILES string of the molecule is C/C=C(/C)CC=CCCC(C)(F)F. The summed E-state index contributed by atoms with van der Waals surface area (Å²) in [7, 11) is 0. The van der Waals surface area contributed by atoms with E-state index in [1.165, 1.54) is 5.57 Å². The van der Waals surface area contributed by atoms with Gasteiger partial charge in [0, 0.05) is 6.42 Å². The molecule has 0 fully saturated rings. The summed E-state index contributed by atoms with van der Waals surface area (Å²) in [6, 6.07) is 0. The fraction of sp³-hybridized carbons (Fsp3) is 0.636. The highest BCUT2D eigenvalue weighted by atomic mass is 19.3. The molecule has 0 aliphatic rings. The summed E-state index contributed by atoms with van der Waals surface area (Å²) in [6.45, 7) is 4.96. The predicted octanol–water partition coefficient (Wildman–Crippen LogP) is 4.33. The van der Waals surface area contributed by atoms with Crippen LogP contribution in [-0.4, -0.2) is 5.92 Å². The summed E-state index contributed by atoms with van der Waals surface area (Å²) in [5, 5.41) is 0. The van der Waals surface area contributed by atoms with E-state index in [1.807, 2.05) is 32.1 Å². The van der Waals surface area contributed by atoms with Crippen LogP contribution in [0.1, 0.15) is 40.0 Å². The van der Waals surface area contributed by atoms with Gasteiger partial charge in [-0.1, -0.05) is 23.8 Å². The molecule has 0 saturated heterocycles. The van der Waals surface area contributed by atoms with Crippen molar-refractivity contribution in [3.8, 4) is 0 Å². The molecular weight excluding hydrogens is 170 g/mol. The molecule has 0 nitrogen and oxygen atoms in total. The lowest BCUT2D eigenvalue weighted by Crippen LogP contribution is -2.07. The molecule has 0 radical (unpaired) electrons. The van der Waals surface area contributed by atoms with Gasteiger partial charge in [-0.15, -0.1) is 0 Å². The van der Waals surface area contributed by atoms with Gasteiger partial charge >= 0.3 is 0 Å². The summed E-state index contributed by atoms with van der Waals surface area (Å²) >= 11 is 0. The minimum Gasteiger partial charge on any atom is -0.207 e. The summed E-state index contributed by atoms with van der Waals surface area (Å²) in [6.07, 6.45) is 7.06. The molecule has 0 bridgehead atoms. The third-order valence-corrected chi connectivity index (χ3v) is 1.85. The predicted molar refractivity (Wildman–Crippen MR) is 53.0 cm³/mol. The average molecular weight is 188 g/mol. The zero-order chi connectivity index (χ0) is 10.3. The minimum atomic E-state index is -2.53. The average Bonchev–Trinajstić information content (AvgIpc) is 2.01. The van der Waals surface area contributed by atoms with Crippen LogP contribution in [0, 0.1) is 0 Å². The molecular formula is C11H18F2. The molecule has 0 unspecified atom stereocenters. The number of halogens is 2. The van der Waals surface area contributed by atoms with Crippen LogP contribution in [0.4, 0.5) is 8.78 Å². The van der Waals surface area contributed by atoms with Crippen molar-refractivity contribution in [2.75, 3.05) is 0 Å². The van der Waals surface area contributed by atoms with Crippen LogP contribution in [0.3, 0.4) is 0 Å². The summed E-state index contributed by atoms with van der Waals surface area (Å²) in [5.41, 5.74) is 1.26. The van der Waals surface area contributed by atoms with Crippen molar-refractivity contribution >= 4 is 0 Å². The Morgan fingerprint density at radius 2 is 1.92 bits per heavy atom. The third-order valence-electron chi connectivity index (χ3n) is 1.85. The van der Waals surface area contributed by atoms with E-state index in [2.05, 4.69) is 0 Å². The topological polar surface area (TPSA) is 0 Å². The van der Waals surface area contributed by atoms with Crippen molar-refractivity contribution in [2.24, 2.45) is 0 Å². The minimum absolute atomic E-state index is 0.0572. The maximum Gasteiger partial charge on any atom is 0.245 e. The van der Waals surface area contributed by atoms with Gasteiger partial charge in [0.1, 0.15) is 0 Å². The first-order valence-corrected chi connectivity index (χ1v) is 4.60. The van der Waals surface area contributed by atoms with E-state index in [0.29, 0.717) is 6.42 Å². The molecule has 0 aliphatic heterocycles. The van der Waals surface area contributed by atoms with Crippen LogP contribution in [0.2, 0.25) is 0 Å². The van der Waals surface area contributed by atoms with Crippen molar-refractivity contribution in [3.05, 3.63) is 23.8 Å². The van der Waals surface area contributed by atoms with Gasteiger partial charge in [-0.2, -0.15) is 0 Å². The van der Waals surface area contributed by atoms with Crippen molar-refractivity contribution in [1.82, 2.24) is 0 Å². The molecule has 0 amide bonds. The molecule has 0 aromatic carbocycles. The first kappa shape index (κ1) is 12.3. The van der Waals surface area contributed by atoms with E-state index in [-0.39, 0.29) is 6.42 Å². The van der Waals surface area contributed by atoms with Gasteiger partial charge in [0.25, 0.3) is 0 Å². The maximum atomic E-state index is 12.3. The lowest BCUT2D eigenvalue weighted by molar-refractivity contribution is 0.0140. The molecule has 0 rings (SSSR count). The van der Waals surface area contributed by atoms with E-state index in [9.17, 15) is 8.78 Å². The van der Waals surface area contributed by atoms with Gasteiger partial charge in [-0.05, 0) is 33.6 Å². The highest BCUT2D eigenvalue weighted by Crippen LogP contribution is 2.18. The van der Waals surface area contributed by atoms with Crippen LogP contribution in [0.5, 0.6) is 0 Å². The number of alkyl halides is 2. The van der Waals surface area contributed by atoms with E-state index >= 15 is 0 Å². The molecule has 0 spiro atoms. The molecule has 0 aromatic heterocycles. The zero-order valence-corrected chi connectivity index (χ0v) is 8.61.